The fourth-order valence-electron chi connectivity index (χ4n) is 3.43. The number of halogens is 6. The topological polar surface area (TPSA) is 85.2 Å². The Morgan fingerprint density at radius 2 is 1.24 bits per heavy atom. The highest BCUT2D eigenvalue weighted by molar-refractivity contribution is 5.86. The van der Waals surface area contributed by atoms with Crippen molar-refractivity contribution in [3.8, 4) is 0 Å². The number of esters is 1. The Balaban J connectivity index is 6.09. The minimum absolute atomic E-state index is 0.0877. The summed E-state index contributed by atoms with van der Waals surface area (Å²) in [4.78, 5) is 11.8. The average molecular weight is 553 g/mol. The zero-order chi connectivity index (χ0) is 29.9. The van der Waals surface area contributed by atoms with Gasteiger partial charge in [-0.1, -0.05) is 20.4 Å². The summed E-state index contributed by atoms with van der Waals surface area (Å²) in [6.45, 7) is 15.1. The first kappa shape index (κ1) is 35.6. The minimum atomic E-state index is -6.03. The van der Waals surface area contributed by atoms with E-state index in [4.69, 9.17) is 14.2 Å². The van der Waals surface area contributed by atoms with E-state index in [0.717, 1.165) is 0 Å². The molecule has 0 saturated carbocycles. The molecule has 0 aromatic heterocycles. The predicted molar refractivity (Wildman–Crippen MR) is 126 cm³/mol. The van der Waals surface area contributed by atoms with Gasteiger partial charge in [0.1, 0.15) is 0 Å². The van der Waals surface area contributed by atoms with E-state index in [1.165, 1.54) is 34.6 Å². The van der Waals surface area contributed by atoms with Crippen LogP contribution in [0.25, 0.3) is 0 Å². The highest BCUT2D eigenvalue weighted by Gasteiger charge is 2.71. The van der Waals surface area contributed by atoms with Crippen LogP contribution in [0.3, 0.4) is 0 Å². The number of aliphatic hydroxyl groups is 2. The van der Waals surface area contributed by atoms with E-state index in [2.05, 4.69) is 6.58 Å². The molecule has 0 aromatic carbocycles. The van der Waals surface area contributed by atoms with E-state index >= 15 is 0 Å². The molecule has 1 unspecified atom stereocenters. The van der Waals surface area contributed by atoms with E-state index in [-0.39, 0.29) is 31.6 Å². The van der Waals surface area contributed by atoms with Crippen molar-refractivity contribution in [1.29, 1.82) is 0 Å². The maximum atomic E-state index is 13.2. The summed E-state index contributed by atoms with van der Waals surface area (Å²) in [5, 5.41) is 19.6. The maximum Gasteiger partial charge on any atom is 0.428 e. The summed E-state index contributed by atoms with van der Waals surface area (Å²) in [5.41, 5.74) is -9.50. The van der Waals surface area contributed by atoms with Crippen LogP contribution < -0.4 is 0 Å². The summed E-state index contributed by atoms with van der Waals surface area (Å²) >= 11 is 0. The quantitative estimate of drug-likeness (QED) is 0.162. The lowest BCUT2D eigenvalue weighted by atomic mass is 9.72. The molecule has 1 atom stereocenters. The molecule has 220 valence electrons. The molecule has 0 aliphatic carbocycles. The van der Waals surface area contributed by atoms with E-state index in [1.54, 1.807) is 27.7 Å². The Kier molecular flexibility index (Phi) is 11.4. The van der Waals surface area contributed by atoms with Crippen molar-refractivity contribution < 1.29 is 55.6 Å². The highest BCUT2D eigenvalue weighted by Crippen LogP contribution is 2.45. The molecule has 0 heterocycles. The van der Waals surface area contributed by atoms with Crippen molar-refractivity contribution in [3.05, 3.63) is 12.2 Å². The van der Waals surface area contributed by atoms with Gasteiger partial charge in [0.2, 0.25) is 0 Å². The van der Waals surface area contributed by atoms with Gasteiger partial charge in [-0.05, 0) is 72.6 Å². The van der Waals surface area contributed by atoms with Crippen LogP contribution in [0.15, 0.2) is 12.2 Å². The van der Waals surface area contributed by atoms with Crippen molar-refractivity contribution in [2.75, 3.05) is 19.8 Å². The minimum Gasteiger partial charge on any atom is -0.462 e. The van der Waals surface area contributed by atoms with Crippen LogP contribution in [0, 0.1) is 11.3 Å². The second-order valence-electron chi connectivity index (χ2n) is 12.2. The number of hydrogen-bond donors (Lipinski definition) is 2. The summed E-state index contributed by atoms with van der Waals surface area (Å²) in [6, 6.07) is 0. The van der Waals surface area contributed by atoms with Crippen molar-refractivity contribution in [1.82, 2.24) is 0 Å². The van der Waals surface area contributed by atoms with Gasteiger partial charge in [0, 0.05) is 5.57 Å². The van der Waals surface area contributed by atoms with E-state index in [9.17, 15) is 41.4 Å². The van der Waals surface area contributed by atoms with E-state index in [1.807, 2.05) is 0 Å². The third-order valence-electron chi connectivity index (χ3n) is 5.87. The molecule has 12 heteroatoms. The number of carbonyl (C=O) groups excluding carboxylic acids is 1. The maximum absolute atomic E-state index is 13.2. The van der Waals surface area contributed by atoms with Gasteiger partial charge in [-0.15, -0.1) is 0 Å². The molecule has 0 saturated heterocycles. The molecule has 0 rings (SSSR count). The van der Waals surface area contributed by atoms with Crippen LogP contribution >= 0.6 is 0 Å². The Morgan fingerprint density at radius 1 is 0.784 bits per heavy atom. The molecular weight excluding hydrogens is 510 g/mol. The summed E-state index contributed by atoms with van der Waals surface area (Å²) < 4.78 is 95.6. The number of carbonyl (C=O) groups is 1. The van der Waals surface area contributed by atoms with Crippen LogP contribution in [0.2, 0.25) is 0 Å². The molecule has 0 spiro atoms. The molecule has 6 nitrogen and oxygen atoms in total. The first-order valence-corrected chi connectivity index (χ1v) is 11.7. The fraction of sp³-hybridized carbons (Fsp3) is 0.880. The first-order valence-electron chi connectivity index (χ1n) is 11.7. The second kappa shape index (κ2) is 11.8. The summed E-state index contributed by atoms with van der Waals surface area (Å²) in [5.74, 6) is -1.39. The monoisotopic (exact) mass is 552 g/mol. The third-order valence-corrected chi connectivity index (χ3v) is 5.87. The van der Waals surface area contributed by atoms with Gasteiger partial charge in [-0.3, -0.25) is 0 Å². The standard InChI is InChI=1S/C25H42F6O6/c1-16(2)18(32)35-13-19(3,4)11-17(12-21(7,8)36-14-20(5,6)33)22(9,10)37-15-23(34,24(26,27)28)25(29,30)31/h17,33-34H,1,11-15H2,2-10H3. The van der Waals surface area contributed by atoms with Crippen molar-refractivity contribution in [2.24, 2.45) is 11.3 Å². The molecule has 0 fully saturated rings. The van der Waals surface area contributed by atoms with Crippen LogP contribution in [-0.4, -0.2) is 70.8 Å². The van der Waals surface area contributed by atoms with Gasteiger partial charge in [0.25, 0.3) is 5.60 Å². The normalized spacial score (nSPS) is 15.5. The summed E-state index contributed by atoms with van der Waals surface area (Å²) in [6.07, 6.45) is -11.8. The first-order chi connectivity index (χ1) is 16.1. The lowest BCUT2D eigenvalue weighted by molar-refractivity contribution is -0.383. The number of hydrogen-bond acceptors (Lipinski definition) is 6. The molecule has 0 radical (unpaired) electrons. The molecular formula is C25H42F6O6. The molecule has 0 bridgehead atoms. The van der Waals surface area contributed by atoms with E-state index in [0.29, 0.717) is 0 Å². The molecule has 2 N–H and O–H groups in total. The predicted octanol–water partition coefficient (Wildman–Crippen LogP) is 5.75. The number of rotatable bonds is 14. The highest BCUT2D eigenvalue weighted by atomic mass is 19.4. The van der Waals surface area contributed by atoms with Crippen molar-refractivity contribution in [2.45, 2.75) is 110 Å². The Labute approximate surface area is 215 Å². The molecule has 0 aliphatic rings. The zero-order valence-corrected chi connectivity index (χ0v) is 23.1. The fourth-order valence-corrected chi connectivity index (χ4v) is 3.43. The second-order valence-corrected chi connectivity index (χ2v) is 12.2. The Hall–Kier alpha value is -1.37. The van der Waals surface area contributed by atoms with Gasteiger partial charge in [-0.2, -0.15) is 26.3 Å². The van der Waals surface area contributed by atoms with Crippen molar-refractivity contribution >= 4 is 5.97 Å². The largest absolute Gasteiger partial charge is 0.462 e. The lowest BCUT2D eigenvalue weighted by Crippen LogP contribution is -2.61. The molecule has 37 heavy (non-hydrogen) atoms. The Bertz CT molecular complexity index is 764. The van der Waals surface area contributed by atoms with Gasteiger partial charge >= 0.3 is 18.3 Å². The van der Waals surface area contributed by atoms with Crippen molar-refractivity contribution in [3.63, 3.8) is 0 Å². The smallest absolute Gasteiger partial charge is 0.428 e. The zero-order valence-electron chi connectivity index (χ0n) is 23.1. The van der Waals surface area contributed by atoms with Gasteiger partial charge in [0.15, 0.2) is 0 Å². The van der Waals surface area contributed by atoms with Crippen LogP contribution in [0.4, 0.5) is 26.3 Å². The number of ether oxygens (including phenoxy) is 3. The lowest BCUT2D eigenvalue weighted by Gasteiger charge is -2.44. The SMILES string of the molecule is C=C(C)C(=O)OCC(C)(C)CC(CC(C)(C)OCC(C)(C)O)C(C)(C)OCC(O)(C(F)(F)F)C(F)(F)F. The summed E-state index contributed by atoms with van der Waals surface area (Å²) in [7, 11) is 0. The molecule has 0 amide bonds. The third kappa shape index (κ3) is 11.5. The van der Waals surface area contributed by atoms with Crippen LogP contribution in [-0.2, 0) is 19.0 Å². The Morgan fingerprint density at radius 3 is 1.62 bits per heavy atom. The molecule has 0 aliphatic heterocycles. The van der Waals surface area contributed by atoms with Gasteiger partial charge < -0.3 is 24.4 Å². The van der Waals surface area contributed by atoms with Gasteiger partial charge in [0.05, 0.1) is 36.6 Å². The molecule has 0 aromatic rings. The number of alkyl halides is 6. The average Bonchev–Trinajstić information content (AvgIpc) is 2.65. The van der Waals surface area contributed by atoms with Gasteiger partial charge in [-0.25, -0.2) is 4.79 Å². The van der Waals surface area contributed by atoms with Crippen LogP contribution in [0.1, 0.15) is 75.2 Å². The van der Waals surface area contributed by atoms with E-state index < -0.39 is 58.7 Å². The van der Waals surface area contributed by atoms with Crippen LogP contribution in [0.5, 0.6) is 0 Å².